The monoisotopic (exact) mass is 223 g/mol. The average molecular weight is 224 g/mol. The van der Waals surface area contributed by atoms with Gasteiger partial charge in [0.2, 0.25) is 0 Å². The lowest BCUT2D eigenvalue weighted by molar-refractivity contribution is 0.101. The molecule has 0 amide bonds. The molecule has 0 radical (unpaired) electrons. The van der Waals surface area contributed by atoms with Crippen molar-refractivity contribution >= 4 is 11.6 Å². The molecule has 1 rings (SSSR count). The smallest absolute Gasteiger partial charge is 0.257 e. The standard InChI is InChI=1S/C9H9ClF3N/c1-14-8(9(12)13)6-3-2-5(10)4-7(6)11/h2-4,8-9,14H,1H3. The zero-order valence-corrected chi connectivity index (χ0v) is 8.15. The van der Waals surface area contributed by atoms with Gasteiger partial charge >= 0.3 is 0 Å². The highest BCUT2D eigenvalue weighted by Crippen LogP contribution is 2.24. The van der Waals surface area contributed by atoms with Gasteiger partial charge in [-0.3, -0.25) is 0 Å². The summed E-state index contributed by atoms with van der Waals surface area (Å²) in [5.74, 6) is -0.725. The molecular formula is C9H9ClF3N. The zero-order chi connectivity index (χ0) is 10.7. The molecule has 0 saturated heterocycles. The molecule has 1 nitrogen and oxygen atoms in total. The van der Waals surface area contributed by atoms with Crippen LogP contribution < -0.4 is 5.32 Å². The molecule has 0 aliphatic carbocycles. The lowest BCUT2D eigenvalue weighted by Gasteiger charge is -2.16. The third kappa shape index (κ3) is 2.39. The Balaban J connectivity index is 3.04. The maximum atomic E-state index is 13.2. The lowest BCUT2D eigenvalue weighted by Crippen LogP contribution is -2.24. The van der Waals surface area contributed by atoms with Gasteiger partial charge in [0.15, 0.2) is 0 Å². The highest BCUT2D eigenvalue weighted by molar-refractivity contribution is 6.30. The van der Waals surface area contributed by atoms with Crippen molar-refractivity contribution in [1.29, 1.82) is 0 Å². The Morgan fingerprint density at radius 1 is 1.36 bits per heavy atom. The summed E-state index contributed by atoms with van der Waals surface area (Å²) in [6, 6.07) is 2.36. The van der Waals surface area contributed by atoms with E-state index in [4.69, 9.17) is 11.6 Å². The number of nitrogens with one attached hydrogen (secondary N) is 1. The van der Waals surface area contributed by atoms with E-state index in [0.29, 0.717) is 0 Å². The molecule has 1 atom stereocenters. The summed E-state index contributed by atoms with van der Waals surface area (Å²) in [5, 5.41) is 2.54. The number of hydrogen-bond donors (Lipinski definition) is 1. The van der Waals surface area contributed by atoms with E-state index in [1.165, 1.54) is 19.2 Å². The van der Waals surface area contributed by atoms with Gasteiger partial charge in [0.05, 0.1) is 6.04 Å². The highest BCUT2D eigenvalue weighted by Gasteiger charge is 2.23. The van der Waals surface area contributed by atoms with E-state index in [-0.39, 0.29) is 10.6 Å². The quantitative estimate of drug-likeness (QED) is 0.831. The number of hydrogen-bond acceptors (Lipinski definition) is 1. The van der Waals surface area contributed by atoms with E-state index in [1.54, 1.807) is 0 Å². The Hall–Kier alpha value is -0.740. The van der Waals surface area contributed by atoms with Gasteiger partial charge in [0.1, 0.15) is 5.82 Å². The van der Waals surface area contributed by atoms with Crippen LogP contribution in [0.5, 0.6) is 0 Å². The van der Waals surface area contributed by atoms with Crippen LogP contribution in [-0.2, 0) is 0 Å². The van der Waals surface area contributed by atoms with E-state index in [2.05, 4.69) is 5.32 Å². The fraction of sp³-hybridized carbons (Fsp3) is 0.333. The minimum Gasteiger partial charge on any atom is -0.308 e. The second kappa shape index (κ2) is 4.66. The van der Waals surface area contributed by atoms with Crippen molar-refractivity contribution in [1.82, 2.24) is 5.32 Å². The van der Waals surface area contributed by atoms with Crippen molar-refractivity contribution in [3.63, 3.8) is 0 Å². The van der Waals surface area contributed by atoms with Crippen LogP contribution in [0.1, 0.15) is 11.6 Å². The molecule has 0 aliphatic rings. The number of alkyl halides is 2. The van der Waals surface area contributed by atoms with Crippen molar-refractivity contribution in [2.24, 2.45) is 0 Å². The van der Waals surface area contributed by atoms with E-state index >= 15 is 0 Å². The molecule has 1 N–H and O–H groups in total. The van der Waals surface area contributed by atoms with Gasteiger partial charge in [0.25, 0.3) is 6.43 Å². The first-order valence-electron chi connectivity index (χ1n) is 3.96. The van der Waals surface area contributed by atoms with Crippen LogP contribution in [0.3, 0.4) is 0 Å². The maximum Gasteiger partial charge on any atom is 0.257 e. The van der Waals surface area contributed by atoms with E-state index < -0.39 is 18.3 Å². The molecule has 0 fully saturated rings. The normalized spacial score (nSPS) is 13.3. The first kappa shape index (κ1) is 11.3. The minimum absolute atomic E-state index is 0.0769. The average Bonchev–Trinajstić information content (AvgIpc) is 2.09. The first-order chi connectivity index (χ1) is 6.56. The number of rotatable bonds is 3. The first-order valence-corrected chi connectivity index (χ1v) is 4.34. The van der Waals surface area contributed by atoms with Crippen molar-refractivity contribution in [2.45, 2.75) is 12.5 Å². The predicted octanol–water partition coefficient (Wildman–Crippen LogP) is 3.00. The van der Waals surface area contributed by atoms with E-state index in [0.717, 1.165) is 6.07 Å². The van der Waals surface area contributed by atoms with Gasteiger partial charge in [-0.2, -0.15) is 0 Å². The predicted molar refractivity (Wildman–Crippen MR) is 49.2 cm³/mol. The van der Waals surface area contributed by atoms with Crippen LogP contribution in [0.25, 0.3) is 0 Å². The Kier molecular flexibility index (Phi) is 3.77. The molecule has 0 bridgehead atoms. The minimum atomic E-state index is -2.66. The molecule has 0 aromatic heterocycles. The second-order valence-electron chi connectivity index (χ2n) is 2.77. The second-order valence-corrected chi connectivity index (χ2v) is 3.20. The Labute approximate surface area is 84.9 Å². The SMILES string of the molecule is CNC(c1ccc(Cl)cc1F)C(F)F. The Morgan fingerprint density at radius 2 is 2.00 bits per heavy atom. The van der Waals surface area contributed by atoms with Crippen LogP contribution in [0.4, 0.5) is 13.2 Å². The fourth-order valence-electron chi connectivity index (χ4n) is 1.17. The Bertz CT molecular complexity index is 317. The summed E-state index contributed by atoms with van der Waals surface area (Å²) in [5.41, 5.74) is -0.0769. The summed E-state index contributed by atoms with van der Waals surface area (Å²) in [6.45, 7) is 0. The summed E-state index contributed by atoms with van der Waals surface area (Å²) in [7, 11) is 1.35. The Morgan fingerprint density at radius 3 is 2.43 bits per heavy atom. The summed E-state index contributed by atoms with van der Waals surface area (Å²) >= 11 is 5.50. The third-order valence-corrected chi connectivity index (χ3v) is 2.10. The van der Waals surface area contributed by atoms with Gasteiger partial charge in [-0.25, -0.2) is 13.2 Å². The van der Waals surface area contributed by atoms with Crippen LogP contribution >= 0.6 is 11.6 Å². The zero-order valence-electron chi connectivity index (χ0n) is 7.40. The van der Waals surface area contributed by atoms with E-state index in [9.17, 15) is 13.2 Å². The third-order valence-electron chi connectivity index (χ3n) is 1.86. The van der Waals surface area contributed by atoms with Crippen molar-refractivity contribution in [3.05, 3.63) is 34.6 Å². The molecule has 78 valence electrons. The molecule has 1 aromatic carbocycles. The van der Waals surface area contributed by atoms with Gasteiger partial charge in [-0.05, 0) is 19.2 Å². The van der Waals surface area contributed by atoms with Crippen LogP contribution in [0.15, 0.2) is 18.2 Å². The fourth-order valence-corrected chi connectivity index (χ4v) is 1.33. The molecule has 0 saturated carbocycles. The van der Waals surface area contributed by atoms with Crippen molar-refractivity contribution < 1.29 is 13.2 Å². The highest BCUT2D eigenvalue weighted by atomic mass is 35.5. The van der Waals surface area contributed by atoms with Gasteiger partial charge < -0.3 is 5.32 Å². The summed E-state index contributed by atoms with van der Waals surface area (Å²) in [6.07, 6.45) is -2.66. The van der Waals surface area contributed by atoms with Gasteiger partial charge in [0, 0.05) is 10.6 Å². The molecule has 14 heavy (non-hydrogen) atoms. The van der Waals surface area contributed by atoms with Crippen LogP contribution in [0.2, 0.25) is 5.02 Å². The molecular weight excluding hydrogens is 215 g/mol. The topological polar surface area (TPSA) is 12.0 Å². The van der Waals surface area contributed by atoms with Crippen LogP contribution in [-0.4, -0.2) is 13.5 Å². The van der Waals surface area contributed by atoms with Gasteiger partial charge in [-0.1, -0.05) is 17.7 Å². The lowest BCUT2D eigenvalue weighted by atomic mass is 10.1. The summed E-state index contributed by atoms with van der Waals surface area (Å²) < 4.78 is 38.0. The van der Waals surface area contributed by atoms with Crippen molar-refractivity contribution in [3.8, 4) is 0 Å². The van der Waals surface area contributed by atoms with Crippen molar-refractivity contribution in [2.75, 3.05) is 7.05 Å². The molecule has 5 heteroatoms. The maximum absolute atomic E-state index is 13.2. The number of halogens is 4. The van der Waals surface area contributed by atoms with E-state index in [1.807, 2.05) is 0 Å². The van der Waals surface area contributed by atoms with Crippen LogP contribution in [0, 0.1) is 5.82 Å². The molecule has 1 aromatic rings. The van der Waals surface area contributed by atoms with Gasteiger partial charge in [-0.15, -0.1) is 0 Å². The largest absolute Gasteiger partial charge is 0.308 e. The molecule has 0 heterocycles. The summed E-state index contributed by atoms with van der Waals surface area (Å²) in [4.78, 5) is 0. The number of benzene rings is 1. The molecule has 0 spiro atoms. The molecule has 0 aliphatic heterocycles. The molecule has 1 unspecified atom stereocenters.